The van der Waals surface area contributed by atoms with Gasteiger partial charge in [0.25, 0.3) is 0 Å². The number of nitrogens with two attached hydrogens (primary N) is 1. The highest BCUT2D eigenvalue weighted by Crippen LogP contribution is 2.46. The highest BCUT2D eigenvalue weighted by atomic mass is 16.2. The Morgan fingerprint density at radius 2 is 2.14 bits per heavy atom. The summed E-state index contributed by atoms with van der Waals surface area (Å²) in [5.74, 6) is 0.853. The van der Waals surface area contributed by atoms with Crippen LogP contribution >= 0.6 is 0 Å². The number of amides is 1. The first-order chi connectivity index (χ1) is 10.5. The maximum absolute atomic E-state index is 12.9. The molecule has 1 saturated carbocycles. The lowest BCUT2D eigenvalue weighted by Gasteiger charge is -2.43. The second kappa shape index (κ2) is 5.94. The molecule has 0 spiro atoms. The SMILES string of the molecule is CC(C)CC1(C(=O)NC2CCCc3cc(N)ccc32)CCC1. The third-order valence-electron chi connectivity index (χ3n) is 5.38. The fraction of sp³-hybridized carbons (Fsp3) is 0.632. The molecular formula is C19H28N2O. The van der Waals surface area contributed by atoms with Gasteiger partial charge in [-0.05, 0) is 67.7 Å². The molecule has 1 unspecified atom stereocenters. The van der Waals surface area contributed by atoms with Gasteiger partial charge in [-0.3, -0.25) is 4.79 Å². The van der Waals surface area contributed by atoms with Gasteiger partial charge in [0.15, 0.2) is 0 Å². The molecule has 3 heteroatoms. The molecule has 2 aliphatic carbocycles. The van der Waals surface area contributed by atoms with Crippen molar-refractivity contribution in [1.29, 1.82) is 0 Å². The van der Waals surface area contributed by atoms with E-state index in [2.05, 4.69) is 31.3 Å². The summed E-state index contributed by atoms with van der Waals surface area (Å²) in [4.78, 5) is 12.9. The summed E-state index contributed by atoms with van der Waals surface area (Å²) in [6.07, 6.45) is 7.55. The predicted molar refractivity (Wildman–Crippen MR) is 90.4 cm³/mol. The maximum Gasteiger partial charge on any atom is 0.226 e. The van der Waals surface area contributed by atoms with E-state index in [1.54, 1.807) is 0 Å². The van der Waals surface area contributed by atoms with E-state index < -0.39 is 0 Å². The van der Waals surface area contributed by atoms with Gasteiger partial charge in [0.2, 0.25) is 5.91 Å². The quantitative estimate of drug-likeness (QED) is 0.826. The molecule has 1 amide bonds. The highest BCUT2D eigenvalue weighted by Gasteiger charge is 2.44. The third kappa shape index (κ3) is 2.86. The van der Waals surface area contributed by atoms with E-state index in [-0.39, 0.29) is 17.4 Å². The fourth-order valence-electron chi connectivity index (χ4n) is 4.20. The van der Waals surface area contributed by atoms with Gasteiger partial charge in [-0.1, -0.05) is 26.3 Å². The number of hydrogen-bond acceptors (Lipinski definition) is 2. The number of rotatable bonds is 4. The molecule has 0 aromatic heterocycles. The van der Waals surface area contributed by atoms with E-state index in [0.29, 0.717) is 5.92 Å². The van der Waals surface area contributed by atoms with Gasteiger partial charge in [0.1, 0.15) is 0 Å². The van der Waals surface area contributed by atoms with Gasteiger partial charge in [-0.15, -0.1) is 0 Å². The van der Waals surface area contributed by atoms with Crippen molar-refractivity contribution in [2.24, 2.45) is 11.3 Å². The van der Waals surface area contributed by atoms with E-state index in [1.807, 2.05) is 6.07 Å². The van der Waals surface area contributed by atoms with Crippen LogP contribution in [0.25, 0.3) is 0 Å². The molecule has 3 rings (SSSR count). The fourth-order valence-corrected chi connectivity index (χ4v) is 4.20. The van der Waals surface area contributed by atoms with Crippen LogP contribution < -0.4 is 11.1 Å². The number of aryl methyl sites for hydroxylation is 1. The minimum Gasteiger partial charge on any atom is -0.399 e. The summed E-state index contributed by atoms with van der Waals surface area (Å²) in [5.41, 5.74) is 9.20. The maximum atomic E-state index is 12.9. The van der Waals surface area contributed by atoms with E-state index in [1.165, 1.54) is 17.5 Å². The standard InChI is InChI=1S/C19H28N2O/c1-13(2)12-19(9-4-10-19)18(22)21-17-6-3-5-14-11-15(20)7-8-16(14)17/h7-8,11,13,17H,3-6,9-10,12,20H2,1-2H3,(H,21,22). The zero-order chi connectivity index (χ0) is 15.7. The number of carbonyl (C=O) groups is 1. The molecule has 0 bridgehead atoms. The van der Waals surface area contributed by atoms with Crippen molar-refractivity contribution in [2.75, 3.05) is 5.73 Å². The average Bonchev–Trinajstić information content (AvgIpc) is 2.42. The molecule has 0 radical (unpaired) electrons. The van der Waals surface area contributed by atoms with Crippen LogP contribution in [-0.4, -0.2) is 5.91 Å². The summed E-state index contributed by atoms with van der Waals surface area (Å²) < 4.78 is 0. The smallest absolute Gasteiger partial charge is 0.226 e. The van der Waals surface area contributed by atoms with Crippen LogP contribution in [-0.2, 0) is 11.2 Å². The van der Waals surface area contributed by atoms with Crippen molar-refractivity contribution < 1.29 is 4.79 Å². The van der Waals surface area contributed by atoms with Crippen LogP contribution in [0.3, 0.4) is 0 Å². The molecule has 0 heterocycles. The summed E-state index contributed by atoms with van der Waals surface area (Å²) in [7, 11) is 0. The molecule has 1 atom stereocenters. The first-order valence-corrected chi connectivity index (χ1v) is 8.69. The number of hydrogen-bond donors (Lipinski definition) is 2. The molecule has 1 aromatic rings. The van der Waals surface area contributed by atoms with Gasteiger partial charge >= 0.3 is 0 Å². The minimum absolute atomic E-state index is 0.0976. The number of nitrogens with one attached hydrogen (secondary N) is 1. The first kappa shape index (κ1) is 15.4. The Balaban J connectivity index is 1.75. The molecule has 0 saturated heterocycles. The van der Waals surface area contributed by atoms with Crippen LogP contribution in [0.15, 0.2) is 18.2 Å². The third-order valence-corrected chi connectivity index (χ3v) is 5.38. The topological polar surface area (TPSA) is 55.1 Å². The number of fused-ring (bicyclic) bond motifs is 1. The molecule has 3 N–H and O–H groups in total. The second-order valence-electron chi connectivity index (χ2n) is 7.61. The van der Waals surface area contributed by atoms with Crippen molar-refractivity contribution in [3.05, 3.63) is 29.3 Å². The van der Waals surface area contributed by atoms with Crippen molar-refractivity contribution in [3.8, 4) is 0 Å². The lowest BCUT2D eigenvalue weighted by Crippen LogP contribution is -2.48. The molecule has 2 aliphatic rings. The summed E-state index contributed by atoms with van der Waals surface area (Å²) >= 11 is 0. The molecule has 1 aromatic carbocycles. The first-order valence-electron chi connectivity index (χ1n) is 8.69. The van der Waals surface area contributed by atoms with E-state index in [4.69, 9.17) is 5.73 Å². The number of carbonyl (C=O) groups excluding carboxylic acids is 1. The molecule has 3 nitrogen and oxygen atoms in total. The number of nitrogen functional groups attached to an aromatic ring is 1. The highest BCUT2D eigenvalue weighted by molar-refractivity contribution is 5.84. The Labute approximate surface area is 133 Å². The average molecular weight is 300 g/mol. The number of anilines is 1. The molecule has 22 heavy (non-hydrogen) atoms. The van der Waals surface area contributed by atoms with Crippen molar-refractivity contribution in [1.82, 2.24) is 5.32 Å². The Kier molecular flexibility index (Phi) is 4.16. The monoisotopic (exact) mass is 300 g/mol. The normalized spacial score (nSPS) is 22.8. The Bertz CT molecular complexity index is 561. The van der Waals surface area contributed by atoms with Gasteiger partial charge in [-0.25, -0.2) is 0 Å². The molecule has 0 aliphatic heterocycles. The largest absolute Gasteiger partial charge is 0.399 e. The lowest BCUT2D eigenvalue weighted by atomic mass is 9.63. The van der Waals surface area contributed by atoms with Gasteiger partial charge < -0.3 is 11.1 Å². The Hall–Kier alpha value is -1.51. The van der Waals surface area contributed by atoms with Gasteiger partial charge in [-0.2, -0.15) is 0 Å². The van der Waals surface area contributed by atoms with Crippen molar-refractivity contribution in [3.63, 3.8) is 0 Å². The van der Waals surface area contributed by atoms with E-state index >= 15 is 0 Å². The van der Waals surface area contributed by atoms with Gasteiger partial charge in [0.05, 0.1) is 6.04 Å². The van der Waals surface area contributed by atoms with Crippen LogP contribution in [0.5, 0.6) is 0 Å². The number of benzene rings is 1. The zero-order valence-corrected chi connectivity index (χ0v) is 13.8. The van der Waals surface area contributed by atoms with E-state index in [0.717, 1.165) is 44.2 Å². The molecular weight excluding hydrogens is 272 g/mol. The zero-order valence-electron chi connectivity index (χ0n) is 13.8. The summed E-state index contributed by atoms with van der Waals surface area (Å²) in [5, 5.41) is 3.36. The molecule has 120 valence electrons. The summed E-state index contributed by atoms with van der Waals surface area (Å²) in [6, 6.07) is 6.30. The van der Waals surface area contributed by atoms with Gasteiger partial charge in [0, 0.05) is 11.1 Å². The van der Waals surface area contributed by atoms with Crippen LogP contribution in [0.4, 0.5) is 5.69 Å². The van der Waals surface area contributed by atoms with Crippen LogP contribution in [0.2, 0.25) is 0 Å². The van der Waals surface area contributed by atoms with Crippen LogP contribution in [0.1, 0.15) is 69.5 Å². The van der Waals surface area contributed by atoms with E-state index in [9.17, 15) is 4.79 Å². The Morgan fingerprint density at radius 1 is 1.36 bits per heavy atom. The van der Waals surface area contributed by atoms with Crippen molar-refractivity contribution >= 4 is 11.6 Å². The predicted octanol–water partition coefficient (Wildman–Crippen LogP) is 3.98. The Morgan fingerprint density at radius 3 is 2.77 bits per heavy atom. The van der Waals surface area contributed by atoms with Crippen LogP contribution in [0, 0.1) is 11.3 Å². The lowest BCUT2D eigenvalue weighted by molar-refractivity contribution is -0.138. The minimum atomic E-state index is -0.0976. The molecule has 1 fully saturated rings. The summed E-state index contributed by atoms with van der Waals surface area (Å²) in [6.45, 7) is 4.43. The second-order valence-corrected chi connectivity index (χ2v) is 7.61. The van der Waals surface area contributed by atoms with Crippen molar-refractivity contribution in [2.45, 2.75) is 64.8 Å².